The molecule has 0 bridgehead atoms. The Morgan fingerprint density at radius 2 is 1.33 bits per heavy atom. The number of rotatable bonds is 5. The maximum absolute atomic E-state index is 5.29. The van der Waals surface area contributed by atoms with Crippen LogP contribution in [-0.4, -0.2) is 19.9 Å². The van der Waals surface area contributed by atoms with E-state index in [1.807, 2.05) is 48.5 Å². The highest BCUT2D eigenvalue weighted by Gasteiger charge is 2.18. The first-order valence-corrected chi connectivity index (χ1v) is 14.6. The van der Waals surface area contributed by atoms with Crippen molar-refractivity contribution in [3.05, 3.63) is 144 Å². The normalized spacial score (nSPS) is 15.3. The van der Waals surface area contributed by atoms with Gasteiger partial charge in [-0.05, 0) is 52.4 Å². The Labute approximate surface area is 251 Å². The molecule has 0 N–H and O–H groups in total. The average Bonchev–Trinajstić information content (AvgIpc) is 3.05. The van der Waals surface area contributed by atoms with Gasteiger partial charge < -0.3 is 0 Å². The van der Waals surface area contributed by atoms with Gasteiger partial charge in [-0.25, -0.2) is 15.0 Å². The molecule has 0 aliphatic heterocycles. The lowest BCUT2D eigenvalue weighted by molar-refractivity contribution is 0.792. The Balaban J connectivity index is 1.50. The Hall–Kier alpha value is -5.48. The van der Waals surface area contributed by atoms with E-state index in [-0.39, 0.29) is 0 Å². The van der Waals surface area contributed by atoms with Crippen LogP contribution in [0.25, 0.3) is 68.3 Å². The fourth-order valence-corrected chi connectivity index (χ4v) is 5.47. The molecule has 0 radical (unpaired) electrons. The van der Waals surface area contributed by atoms with E-state index < -0.39 is 0 Å². The number of hydrogen-bond donors (Lipinski definition) is 0. The molecule has 0 saturated carbocycles. The second-order valence-electron chi connectivity index (χ2n) is 10.9. The van der Waals surface area contributed by atoms with Crippen LogP contribution in [-0.2, 0) is 0 Å². The molecule has 1 aliphatic rings. The summed E-state index contributed by atoms with van der Waals surface area (Å²) >= 11 is 0. The average molecular weight is 555 g/mol. The lowest BCUT2D eigenvalue weighted by atomic mass is 9.93. The summed E-state index contributed by atoms with van der Waals surface area (Å²) in [7, 11) is 0. The summed E-state index contributed by atoms with van der Waals surface area (Å²) in [4.78, 5) is 20.0. The number of pyridine rings is 2. The monoisotopic (exact) mass is 554 g/mol. The van der Waals surface area contributed by atoms with Crippen LogP contribution >= 0.6 is 0 Å². The zero-order valence-corrected chi connectivity index (χ0v) is 24.1. The molecule has 0 spiro atoms. The molecule has 4 heteroatoms. The van der Waals surface area contributed by atoms with Gasteiger partial charge >= 0.3 is 0 Å². The van der Waals surface area contributed by atoms with Gasteiger partial charge in [0.15, 0.2) is 5.82 Å². The van der Waals surface area contributed by atoms with E-state index in [1.165, 1.54) is 5.57 Å². The highest BCUT2D eigenvalue weighted by atomic mass is 14.9. The zero-order valence-electron chi connectivity index (χ0n) is 24.1. The number of fused-ring (bicyclic) bond motifs is 3. The number of benzene rings is 3. The first-order chi connectivity index (χ1) is 21.1. The summed E-state index contributed by atoms with van der Waals surface area (Å²) in [6, 6.07) is 35.0. The van der Waals surface area contributed by atoms with Crippen molar-refractivity contribution >= 4 is 23.1 Å². The molecule has 0 amide bonds. The Kier molecular flexibility index (Phi) is 7.02. The van der Waals surface area contributed by atoms with Crippen molar-refractivity contribution < 1.29 is 0 Å². The van der Waals surface area contributed by atoms with Crippen molar-refractivity contribution in [3.8, 4) is 45.3 Å². The first-order valence-electron chi connectivity index (χ1n) is 14.6. The molecule has 43 heavy (non-hydrogen) atoms. The molecule has 6 aromatic rings. The second kappa shape index (κ2) is 11.4. The summed E-state index contributed by atoms with van der Waals surface area (Å²) in [6.07, 6.45) is 12.7. The smallest absolute Gasteiger partial charge is 0.179 e. The fraction of sp³-hybridized carbons (Fsp3) is 0.0769. The second-order valence-corrected chi connectivity index (χ2v) is 10.9. The van der Waals surface area contributed by atoms with Crippen molar-refractivity contribution in [1.82, 2.24) is 19.9 Å². The molecule has 0 unspecified atom stereocenters. The maximum Gasteiger partial charge on any atom is 0.179 e. The molecular formula is C39H30N4. The van der Waals surface area contributed by atoms with E-state index in [0.717, 1.165) is 55.8 Å². The largest absolute Gasteiger partial charge is 0.255 e. The topological polar surface area (TPSA) is 51.6 Å². The summed E-state index contributed by atoms with van der Waals surface area (Å²) in [6.45, 7) is 4.44. The highest BCUT2D eigenvalue weighted by Crippen LogP contribution is 2.36. The van der Waals surface area contributed by atoms with Crippen LogP contribution in [0.3, 0.4) is 0 Å². The third-order valence-corrected chi connectivity index (χ3v) is 7.76. The van der Waals surface area contributed by atoms with Gasteiger partial charge in [-0.3, -0.25) is 4.98 Å². The molecule has 4 nitrogen and oxygen atoms in total. The lowest BCUT2D eigenvalue weighted by Gasteiger charge is -2.15. The molecule has 1 aliphatic carbocycles. The van der Waals surface area contributed by atoms with Crippen molar-refractivity contribution in [2.24, 2.45) is 5.92 Å². The quantitative estimate of drug-likeness (QED) is 0.213. The van der Waals surface area contributed by atoms with E-state index >= 15 is 0 Å². The van der Waals surface area contributed by atoms with Crippen LogP contribution in [0.2, 0.25) is 0 Å². The van der Waals surface area contributed by atoms with Crippen LogP contribution in [0.5, 0.6) is 0 Å². The molecule has 0 fully saturated rings. The minimum atomic E-state index is 0.444. The van der Waals surface area contributed by atoms with E-state index in [4.69, 9.17) is 15.0 Å². The summed E-state index contributed by atoms with van der Waals surface area (Å²) in [5, 5.41) is 1.09. The summed E-state index contributed by atoms with van der Waals surface area (Å²) in [5.74, 6) is 1.01. The lowest BCUT2D eigenvalue weighted by Crippen LogP contribution is -2.00. The molecule has 3 aromatic heterocycles. The first kappa shape index (κ1) is 26.4. The Morgan fingerprint density at radius 3 is 2.07 bits per heavy atom. The molecule has 206 valence electrons. The number of nitrogens with zero attached hydrogens (tertiary/aromatic N) is 4. The van der Waals surface area contributed by atoms with Crippen molar-refractivity contribution in [1.29, 1.82) is 0 Å². The molecule has 0 saturated heterocycles. The predicted molar refractivity (Wildman–Crippen MR) is 178 cm³/mol. The van der Waals surface area contributed by atoms with Gasteiger partial charge in [0, 0.05) is 22.7 Å². The van der Waals surface area contributed by atoms with Crippen LogP contribution in [0.4, 0.5) is 0 Å². The van der Waals surface area contributed by atoms with E-state index in [2.05, 4.69) is 104 Å². The minimum absolute atomic E-state index is 0.444. The summed E-state index contributed by atoms with van der Waals surface area (Å²) < 4.78 is 0. The standard InChI is InChI=1S/C39H30N4/c1-26(2)27-16-11-17-31-29(20-19-27)21-22-32-33(28-12-5-3-6-13-28)24-37(41-38(31)32)39-42-35(30-14-7-4-8-15-30)25-36(43-39)34-18-9-10-23-40-34/h3-26H,1-2H3/b16-11?,17-11+,20-19-,27-16-,27-19?,29-20?,31-17?. The van der Waals surface area contributed by atoms with Gasteiger partial charge in [0.05, 0.1) is 22.6 Å². The number of aromatic nitrogens is 4. The third-order valence-electron chi connectivity index (χ3n) is 7.76. The van der Waals surface area contributed by atoms with Gasteiger partial charge in [-0.15, -0.1) is 0 Å². The van der Waals surface area contributed by atoms with Gasteiger partial charge in [-0.1, -0.05) is 123 Å². The third kappa shape index (κ3) is 5.31. The van der Waals surface area contributed by atoms with Gasteiger partial charge in [-0.2, -0.15) is 0 Å². The van der Waals surface area contributed by atoms with Crippen LogP contribution < -0.4 is 0 Å². The molecule has 3 aromatic carbocycles. The molecule has 0 atom stereocenters. The Morgan fingerprint density at radius 1 is 0.581 bits per heavy atom. The molecule has 7 rings (SSSR count). The predicted octanol–water partition coefficient (Wildman–Crippen LogP) is 9.71. The van der Waals surface area contributed by atoms with Crippen LogP contribution in [0.15, 0.2) is 133 Å². The SMILES string of the molecule is CC(C)C1=C\C=C\c2c(ccc3c(-c4ccccc4)cc(-c4nc(-c5ccccc5)cc(-c5ccccn5)n4)nc23)/C=C\1. The van der Waals surface area contributed by atoms with Gasteiger partial charge in [0.2, 0.25) is 0 Å². The fourth-order valence-electron chi connectivity index (χ4n) is 5.47. The van der Waals surface area contributed by atoms with Crippen LogP contribution in [0.1, 0.15) is 25.0 Å². The van der Waals surface area contributed by atoms with E-state index in [9.17, 15) is 0 Å². The van der Waals surface area contributed by atoms with E-state index in [0.29, 0.717) is 17.4 Å². The van der Waals surface area contributed by atoms with Crippen molar-refractivity contribution in [2.45, 2.75) is 13.8 Å². The summed E-state index contributed by atoms with van der Waals surface area (Å²) in [5.41, 5.74) is 10.7. The molecular weight excluding hydrogens is 524 g/mol. The number of hydrogen-bond acceptors (Lipinski definition) is 4. The van der Waals surface area contributed by atoms with Crippen molar-refractivity contribution in [2.75, 3.05) is 0 Å². The molecule has 3 heterocycles. The van der Waals surface area contributed by atoms with Gasteiger partial charge in [0.1, 0.15) is 5.69 Å². The van der Waals surface area contributed by atoms with Gasteiger partial charge in [0.25, 0.3) is 0 Å². The van der Waals surface area contributed by atoms with Crippen LogP contribution in [0, 0.1) is 5.92 Å². The number of allylic oxidation sites excluding steroid dienone is 4. The zero-order chi connectivity index (χ0) is 29.2. The minimum Gasteiger partial charge on any atom is -0.255 e. The Bertz CT molecular complexity index is 1970. The van der Waals surface area contributed by atoms with E-state index in [1.54, 1.807) is 6.20 Å². The maximum atomic E-state index is 5.29. The van der Waals surface area contributed by atoms with Crippen molar-refractivity contribution in [3.63, 3.8) is 0 Å². The highest BCUT2D eigenvalue weighted by molar-refractivity contribution is 6.02.